The third-order valence-electron chi connectivity index (χ3n) is 4.75. The Morgan fingerprint density at radius 3 is 3.04 bits per heavy atom. The van der Waals surface area contributed by atoms with Crippen molar-refractivity contribution in [2.45, 2.75) is 57.5 Å². The van der Waals surface area contributed by atoms with E-state index in [2.05, 4.69) is 11.2 Å². The predicted molar refractivity (Wildman–Crippen MR) is 99.9 cm³/mol. The van der Waals surface area contributed by atoms with Crippen LogP contribution in [0.15, 0.2) is 0 Å². The van der Waals surface area contributed by atoms with Crippen LogP contribution in [0.4, 0.5) is 4.79 Å². The van der Waals surface area contributed by atoms with Gasteiger partial charge in [-0.25, -0.2) is 9.78 Å². The maximum Gasteiger partial charge on any atom is 0.318 e. The number of rotatable bonds is 7. The zero-order valence-electron chi connectivity index (χ0n) is 14.8. The Balaban J connectivity index is 1.39. The monoisotopic (exact) mass is 361 g/mol. The fourth-order valence-electron chi connectivity index (χ4n) is 3.42. The molecule has 1 aromatic heterocycles. The Labute approximate surface area is 154 Å². The molecule has 1 N–H and O–H groups in total. The molecule has 2 amide bonds. The van der Waals surface area contributed by atoms with Crippen LogP contribution < -0.4 is 5.32 Å². The van der Waals surface area contributed by atoms with E-state index in [1.54, 1.807) is 4.90 Å². The van der Waals surface area contributed by atoms with E-state index in [4.69, 9.17) is 16.1 Å². The molecule has 136 valence electrons. The molecule has 1 saturated heterocycles. The number of aromatic nitrogens is 1. The van der Waals surface area contributed by atoms with Gasteiger partial charge >= 0.3 is 6.03 Å². The normalized spacial score (nSPS) is 19.2. The molecule has 0 unspecified atom stereocenters. The van der Waals surface area contributed by atoms with Crippen LogP contribution in [0, 0.1) is 12.3 Å². The molecule has 0 aromatic carbocycles. The first-order chi connectivity index (χ1) is 12.3. The number of hydrogen-bond donors (Lipinski definition) is 1. The van der Waals surface area contributed by atoms with Crippen LogP contribution in [0.5, 0.6) is 0 Å². The summed E-state index contributed by atoms with van der Waals surface area (Å²) in [5, 5.41) is 4.20. The summed E-state index contributed by atoms with van der Waals surface area (Å²) < 4.78 is 5.61. The lowest BCUT2D eigenvalue weighted by Gasteiger charge is -2.23. The van der Waals surface area contributed by atoms with Crippen LogP contribution >= 0.6 is 11.3 Å². The van der Waals surface area contributed by atoms with E-state index >= 15 is 0 Å². The summed E-state index contributed by atoms with van der Waals surface area (Å²) in [4.78, 5) is 20.2. The summed E-state index contributed by atoms with van der Waals surface area (Å²) in [6.07, 6.45) is 14.3. The highest BCUT2D eigenvalue weighted by atomic mass is 32.1. The summed E-state index contributed by atoms with van der Waals surface area (Å²) in [7, 11) is 0. The quantitative estimate of drug-likeness (QED) is 0.600. The van der Waals surface area contributed by atoms with Crippen molar-refractivity contribution in [2.24, 2.45) is 0 Å². The fraction of sp³-hybridized carbons (Fsp3) is 0.684. The summed E-state index contributed by atoms with van der Waals surface area (Å²) in [5.41, 5.74) is 1.31. The number of nitrogens with one attached hydrogen (secondary N) is 1. The van der Waals surface area contributed by atoms with Crippen molar-refractivity contribution in [1.82, 2.24) is 15.2 Å². The number of nitrogens with zero attached hydrogens (tertiary/aromatic N) is 2. The minimum Gasteiger partial charge on any atom is -0.376 e. The SMILES string of the molecule is C#CCN(C[C@H]1CCCO1)C(=O)NCCCc1nc2c(s1)CCCC2. The molecule has 0 radical (unpaired) electrons. The fourth-order valence-corrected chi connectivity index (χ4v) is 4.62. The number of ether oxygens (including phenoxy) is 1. The van der Waals surface area contributed by atoms with Gasteiger partial charge in [0.05, 0.1) is 23.4 Å². The van der Waals surface area contributed by atoms with Gasteiger partial charge in [-0.3, -0.25) is 0 Å². The van der Waals surface area contributed by atoms with Crippen LogP contribution in [-0.2, 0) is 24.0 Å². The van der Waals surface area contributed by atoms with Gasteiger partial charge < -0.3 is 15.0 Å². The highest BCUT2D eigenvalue weighted by Crippen LogP contribution is 2.27. The van der Waals surface area contributed by atoms with Crippen molar-refractivity contribution >= 4 is 17.4 Å². The number of fused-ring (bicyclic) bond motifs is 1. The second-order valence-corrected chi connectivity index (χ2v) is 7.91. The number of urea groups is 1. The van der Waals surface area contributed by atoms with E-state index < -0.39 is 0 Å². The van der Waals surface area contributed by atoms with Crippen molar-refractivity contribution in [2.75, 3.05) is 26.2 Å². The minimum atomic E-state index is -0.0908. The van der Waals surface area contributed by atoms with E-state index in [-0.39, 0.29) is 12.1 Å². The highest BCUT2D eigenvalue weighted by molar-refractivity contribution is 7.11. The molecule has 0 bridgehead atoms. The molecule has 0 saturated carbocycles. The minimum absolute atomic E-state index is 0.0908. The number of carbonyl (C=O) groups is 1. The third kappa shape index (κ3) is 5.20. The molecule has 3 rings (SSSR count). The van der Waals surface area contributed by atoms with Gasteiger partial charge in [0.25, 0.3) is 0 Å². The number of hydrogen-bond acceptors (Lipinski definition) is 4. The second kappa shape index (κ2) is 9.21. The second-order valence-electron chi connectivity index (χ2n) is 6.74. The Morgan fingerprint density at radius 2 is 2.28 bits per heavy atom. The molecule has 5 nitrogen and oxygen atoms in total. The Morgan fingerprint density at radius 1 is 1.40 bits per heavy atom. The molecular weight excluding hydrogens is 334 g/mol. The Bertz CT molecular complexity index is 593. The van der Waals surface area contributed by atoms with Crippen molar-refractivity contribution in [3.8, 4) is 12.3 Å². The van der Waals surface area contributed by atoms with Crippen molar-refractivity contribution in [1.29, 1.82) is 0 Å². The maximum absolute atomic E-state index is 12.3. The molecule has 1 fully saturated rings. The first-order valence-corrected chi connectivity index (χ1v) is 10.1. The summed E-state index contributed by atoms with van der Waals surface area (Å²) >= 11 is 1.85. The Kier molecular flexibility index (Phi) is 6.71. The van der Waals surface area contributed by atoms with Crippen molar-refractivity contribution in [3.63, 3.8) is 0 Å². The van der Waals surface area contributed by atoms with Gasteiger partial charge in [-0.05, 0) is 44.9 Å². The molecule has 2 aliphatic rings. The topological polar surface area (TPSA) is 54.5 Å². The third-order valence-corrected chi connectivity index (χ3v) is 5.97. The smallest absolute Gasteiger partial charge is 0.318 e. The van der Waals surface area contributed by atoms with Crippen LogP contribution in [0.1, 0.15) is 47.7 Å². The molecule has 1 aromatic rings. The average Bonchev–Trinajstić information content (AvgIpc) is 3.27. The number of thiazole rings is 1. The zero-order valence-corrected chi connectivity index (χ0v) is 15.6. The van der Waals surface area contributed by atoms with Crippen LogP contribution in [0.2, 0.25) is 0 Å². The van der Waals surface area contributed by atoms with Crippen LogP contribution in [0.25, 0.3) is 0 Å². The lowest BCUT2D eigenvalue weighted by Crippen LogP contribution is -2.44. The molecular formula is C19H27N3O2S. The number of terminal acetylenes is 1. The number of amides is 2. The van der Waals surface area contributed by atoms with E-state index in [1.807, 2.05) is 11.3 Å². The summed E-state index contributed by atoms with van der Waals surface area (Å²) in [6, 6.07) is -0.0908. The number of carbonyl (C=O) groups excluding carboxylic acids is 1. The van der Waals surface area contributed by atoms with Gasteiger partial charge in [-0.2, -0.15) is 0 Å². The lowest BCUT2D eigenvalue weighted by atomic mass is 10.0. The van der Waals surface area contributed by atoms with E-state index in [0.717, 1.165) is 38.7 Å². The largest absolute Gasteiger partial charge is 0.376 e. The van der Waals surface area contributed by atoms with E-state index in [9.17, 15) is 4.79 Å². The first kappa shape index (κ1) is 18.2. The standard InChI is InChI=1S/C19H27N3O2S/c1-2-12-22(14-15-7-6-13-24-15)19(23)20-11-5-10-18-21-16-8-3-4-9-17(16)25-18/h1,15H,3-14H2,(H,20,23)/t15-/m1/s1. The summed E-state index contributed by atoms with van der Waals surface area (Å²) in [6.45, 7) is 2.34. The predicted octanol–water partition coefficient (Wildman–Crippen LogP) is 2.78. The van der Waals surface area contributed by atoms with Gasteiger partial charge in [0.15, 0.2) is 0 Å². The molecule has 6 heteroatoms. The lowest BCUT2D eigenvalue weighted by molar-refractivity contribution is 0.0846. The molecule has 2 heterocycles. The van der Waals surface area contributed by atoms with Crippen LogP contribution in [-0.4, -0.2) is 48.3 Å². The van der Waals surface area contributed by atoms with Gasteiger partial charge in [-0.15, -0.1) is 17.8 Å². The zero-order chi connectivity index (χ0) is 17.5. The van der Waals surface area contributed by atoms with Crippen molar-refractivity contribution < 1.29 is 9.53 Å². The molecule has 1 aliphatic heterocycles. The summed E-state index contributed by atoms with van der Waals surface area (Å²) in [5.74, 6) is 2.57. The van der Waals surface area contributed by atoms with Gasteiger partial charge in [0.2, 0.25) is 0 Å². The van der Waals surface area contributed by atoms with Gasteiger partial charge in [-0.1, -0.05) is 5.92 Å². The Hall–Kier alpha value is -1.58. The first-order valence-electron chi connectivity index (χ1n) is 9.31. The van der Waals surface area contributed by atoms with Gasteiger partial charge in [0.1, 0.15) is 0 Å². The highest BCUT2D eigenvalue weighted by Gasteiger charge is 2.22. The maximum atomic E-state index is 12.3. The molecule has 1 aliphatic carbocycles. The molecule has 1 atom stereocenters. The number of aryl methyl sites for hydroxylation is 3. The van der Waals surface area contributed by atoms with Crippen LogP contribution in [0.3, 0.4) is 0 Å². The molecule has 25 heavy (non-hydrogen) atoms. The van der Waals surface area contributed by atoms with E-state index in [0.29, 0.717) is 19.6 Å². The average molecular weight is 362 g/mol. The molecule has 0 spiro atoms. The van der Waals surface area contributed by atoms with E-state index in [1.165, 1.54) is 34.8 Å². The van der Waals surface area contributed by atoms with Gasteiger partial charge in [0, 0.05) is 31.0 Å². The van der Waals surface area contributed by atoms with Crippen molar-refractivity contribution in [3.05, 3.63) is 15.6 Å².